The summed E-state index contributed by atoms with van der Waals surface area (Å²) in [6.07, 6.45) is 1.81. The van der Waals surface area contributed by atoms with Crippen molar-refractivity contribution in [2.45, 2.75) is 81.4 Å². The van der Waals surface area contributed by atoms with E-state index in [9.17, 15) is 22.4 Å². The lowest BCUT2D eigenvalue weighted by atomic mass is 9.78. The number of nitrogens with zero attached hydrogens (tertiary/aromatic N) is 2. The molecule has 2 saturated carbocycles. The zero-order chi connectivity index (χ0) is 25.9. The van der Waals surface area contributed by atoms with Gasteiger partial charge in [-0.3, -0.25) is 4.79 Å². The number of benzene rings is 1. The molecule has 0 spiro atoms. The molecular weight excluding hydrogens is 490 g/mol. The van der Waals surface area contributed by atoms with Gasteiger partial charge >= 0.3 is 6.18 Å². The van der Waals surface area contributed by atoms with Crippen molar-refractivity contribution in [2.75, 3.05) is 38.3 Å². The first-order valence-corrected chi connectivity index (χ1v) is 13.5. The van der Waals surface area contributed by atoms with Gasteiger partial charge < -0.3 is 24.6 Å². The molecule has 0 unspecified atom stereocenters. The summed E-state index contributed by atoms with van der Waals surface area (Å²) in [5.41, 5.74) is -1.24. The van der Waals surface area contributed by atoms with Crippen molar-refractivity contribution < 1.29 is 31.8 Å². The Bertz CT molecular complexity index is 1040. The van der Waals surface area contributed by atoms with E-state index in [1.54, 1.807) is 12.0 Å². The number of rotatable bonds is 5. The molecule has 3 aliphatic heterocycles. The summed E-state index contributed by atoms with van der Waals surface area (Å²) in [7, 11) is 1.71. The summed E-state index contributed by atoms with van der Waals surface area (Å²) in [4.78, 5) is 17.8. The minimum absolute atomic E-state index is 0.0115. The van der Waals surface area contributed by atoms with E-state index >= 15 is 0 Å². The molecule has 5 aliphatic rings. The van der Waals surface area contributed by atoms with Gasteiger partial charge in [0.1, 0.15) is 5.82 Å². The highest BCUT2D eigenvalue weighted by molar-refractivity contribution is 5.85. The molecule has 1 aromatic rings. The van der Waals surface area contributed by atoms with E-state index in [1.165, 1.54) is 0 Å². The van der Waals surface area contributed by atoms with Gasteiger partial charge in [-0.25, -0.2) is 4.39 Å². The lowest BCUT2D eigenvalue weighted by Gasteiger charge is -2.41. The molecule has 6 rings (SSSR count). The van der Waals surface area contributed by atoms with Crippen LogP contribution < -0.4 is 10.2 Å². The molecule has 1 N–H and O–H groups in total. The van der Waals surface area contributed by atoms with Crippen LogP contribution >= 0.6 is 0 Å². The molecule has 37 heavy (non-hydrogen) atoms. The molecule has 2 bridgehead atoms. The lowest BCUT2D eigenvalue weighted by molar-refractivity contribution is -0.144. The van der Waals surface area contributed by atoms with Crippen LogP contribution in [0.25, 0.3) is 0 Å². The van der Waals surface area contributed by atoms with Gasteiger partial charge in [-0.2, -0.15) is 13.2 Å². The van der Waals surface area contributed by atoms with E-state index in [-0.39, 0.29) is 47.3 Å². The highest BCUT2D eigenvalue weighted by Gasteiger charge is 2.59. The Kier molecular flexibility index (Phi) is 6.43. The summed E-state index contributed by atoms with van der Waals surface area (Å²) in [6, 6.07) is 2.80. The van der Waals surface area contributed by atoms with Crippen LogP contribution in [0.2, 0.25) is 0 Å². The summed E-state index contributed by atoms with van der Waals surface area (Å²) in [5, 5.41) is 3.79. The fraction of sp³-hybridized carbons (Fsp3) is 0.741. The third-order valence-electron chi connectivity index (χ3n) is 9.70. The fourth-order valence-electron chi connectivity index (χ4n) is 7.96. The first-order chi connectivity index (χ1) is 17.7. The van der Waals surface area contributed by atoms with Crippen molar-refractivity contribution in [3.05, 3.63) is 29.6 Å². The molecular formula is C27H35F4N3O3. The molecule has 5 fully saturated rings. The predicted molar refractivity (Wildman–Crippen MR) is 129 cm³/mol. The maximum absolute atomic E-state index is 14.6. The number of likely N-dealkylation sites (tertiary alicyclic amines) is 1. The van der Waals surface area contributed by atoms with Gasteiger partial charge in [0.15, 0.2) is 0 Å². The maximum Gasteiger partial charge on any atom is 0.416 e. The predicted octanol–water partition coefficient (Wildman–Crippen LogP) is 3.98. The second-order valence-electron chi connectivity index (χ2n) is 11.6. The largest absolute Gasteiger partial charge is 0.416 e. The van der Waals surface area contributed by atoms with E-state index in [2.05, 4.69) is 5.32 Å². The summed E-state index contributed by atoms with van der Waals surface area (Å²) < 4.78 is 65.5. The number of ether oxygens (including phenoxy) is 2. The zero-order valence-electron chi connectivity index (χ0n) is 21.1. The van der Waals surface area contributed by atoms with Gasteiger partial charge in [-0.15, -0.1) is 0 Å². The van der Waals surface area contributed by atoms with Crippen molar-refractivity contribution in [1.82, 2.24) is 10.2 Å². The lowest BCUT2D eigenvalue weighted by Crippen LogP contribution is -2.54. The van der Waals surface area contributed by atoms with E-state index < -0.39 is 17.6 Å². The van der Waals surface area contributed by atoms with Crippen LogP contribution in [-0.2, 0) is 20.4 Å². The molecule has 204 valence electrons. The molecule has 0 aromatic heterocycles. The van der Waals surface area contributed by atoms with Crippen molar-refractivity contribution in [3.8, 4) is 0 Å². The van der Waals surface area contributed by atoms with Crippen LogP contribution in [0.15, 0.2) is 18.2 Å². The molecule has 10 heteroatoms. The second kappa shape index (κ2) is 9.38. The van der Waals surface area contributed by atoms with Gasteiger partial charge in [0.25, 0.3) is 0 Å². The van der Waals surface area contributed by atoms with Crippen LogP contribution in [-0.4, -0.2) is 74.5 Å². The third kappa shape index (κ3) is 4.33. The van der Waals surface area contributed by atoms with E-state index in [1.807, 2.05) is 4.90 Å². The summed E-state index contributed by atoms with van der Waals surface area (Å²) >= 11 is 0. The van der Waals surface area contributed by atoms with Crippen LogP contribution in [0.4, 0.5) is 23.2 Å². The number of fused-ring (bicyclic) bond motifs is 3. The van der Waals surface area contributed by atoms with Crippen LogP contribution in [0.1, 0.15) is 50.5 Å². The van der Waals surface area contributed by atoms with E-state index in [0.717, 1.165) is 56.7 Å². The zero-order valence-corrected chi connectivity index (χ0v) is 21.1. The third-order valence-corrected chi connectivity index (χ3v) is 9.70. The van der Waals surface area contributed by atoms with E-state index in [4.69, 9.17) is 9.47 Å². The minimum Gasteiger partial charge on any atom is -0.379 e. The van der Waals surface area contributed by atoms with E-state index in [0.29, 0.717) is 38.6 Å². The molecule has 2 aliphatic carbocycles. The quantitative estimate of drug-likeness (QED) is 0.590. The van der Waals surface area contributed by atoms with Gasteiger partial charge in [-0.05, 0) is 62.6 Å². The Labute approximate surface area is 214 Å². The number of carbonyl (C=O) groups excluding carboxylic acids is 1. The van der Waals surface area contributed by atoms with Crippen LogP contribution in [0.5, 0.6) is 0 Å². The molecule has 3 heterocycles. The number of hydrogen-bond acceptors (Lipinski definition) is 5. The standard InChI is InChI=1S/C27H35F4N3O3/c1-36-24-15-37-8-6-22(24)32-18-9-16-3-2-7-26(16,12-18)25(35)34-14-19-11-20(34)13-33(19)23-10-17(27(29,30)31)4-5-21(23)28/h4-5,10,16,18-20,22,24,32H,2-3,6-9,11-15H2,1H3/t16-,18-,19-,20+,22+,24-,26-/m1/s1. The Morgan fingerprint density at radius 1 is 1.19 bits per heavy atom. The van der Waals surface area contributed by atoms with Gasteiger partial charge in [-0.1, -0.05) is 6.42 Å². The highest BCUT2D eigenvalue weighted by Crippen LogP contribution is 2.56. The fourth-order valence-corrected chi connectivity index (χ4v) is 7.96. The normalized spacial score (nSPS) is 37.4. The number of carbonyl (C=O) groups is 1. The van der Waals surface area contributed by atoms with Crippen molar-refractivity contribution in [2.24, 2.45) is 11.3 Å². The SMILES string of the molecule is CO[C@@H]1COCC[C@@H]1N[C@@H]1C[C@H]2CCC[C@@]2(C(=O)N2C[C@H]3C[C@H]2CN3c2cc(C(F)(F)F)ccc2F)C1. The molecule has 3 saturated heterocycles. The number of halogens is 4. The van der Waals surface area contributed by atoms with Crippen LogP contribution in [0.3, 0.4) is 0 Å². The Hall–Kier alpha value is -1.91. The number of amides is 1. The summed E-state index contributed by atoms with van der Waals surface area (Å²) in [6.45, 7) is 2.10. The number of nitrogens with one attached hydrogen (secondary N) is 1. The van der Waals surface area contributed by atoms with Gasteiger partial charge in [0.2, 0.25) is 5.91 Å². The smallest absolute Gasteiger partial charge is 0.379 e. The first kappa shape index (κ1) is 25.4. The monoisotopic (exact) mass is 525 g/mol. The number of hydrogen-bond donors (Lipinski definition) is 1. The average molecular weight is 526 g/mol. The van der Waals surface area contributed by atoms with Gasteiger partial charge in [0.05, 0.1) is 35.4 Å². The molecule has 6 nitrogen and oxygen atoms in total. The van der Waals surface area contributed by atoms with Crippen molar-refractivity contribution >= 4 is 11.6 Å². The molecule has 1 amide bonds. The highest BCUT2D eigenvalue weighted by atomic mass is 19.4. The van der Waals surface area contributed by atoms with Gasteiger partial charge in [0, 0.05) is 44.9 Å². The average Bonchev–Trinajstić information content (AvgIpc) is 3.63. The molecule has 1 aromatic carbocycles. The number of piperazine rings is 1. The second-order valence-corrected chi connectivity index (χ2v) is 11.6. The number of methoxy groups -OCH3 is 1. The van der Waals surface area contributed by atoms with Crippen molar-refractivity contribution in [3.63, 3.8) is 0 Å². The Morgan fingerprint density at radius 2 is 2.03 bits per heavy atom. The molecule has 0 radical (unpaired) electrons. The summed E-state index contributed by atoms with van der Waals surface area (Å²) in [5.74, 6) is -0.110. The first-order valence-electron chi connectivity index (χ1n) is 13.5. The minimum atomic E-state index is -4.53. The van der Waals surface area contributed by atoms with Crippen molar-refractivity contribution in [1.29, 1.82) is 0 Å². The maximum atomic E-state index is 14.6. The van der Waals surface area contributed by atoms with Crippen LogP contribution in [0, 0.1) is 17.2 Å². The topological polar surface area (TPSA) is 54.0 Å². The number of anilines is 1. The Morgan fingerprint density at radius 3 is 2.76 bits per heavy atom. The Balaban J connectivity index is 1.15. The number of alkyl halides is 3. The molecule has 7 atom stereocenters.